The Balaban J connectivity index is 1.42. The zero-order chi connectivity index (χ0) is 27.6. The van der Waals surface area contributed by atoms with Crippen molar-refractivity contribution in [2.45, 2.75) is 58.1 Å². The molecule has 1 saturated heterocycles. The van der Waals surface area contributed by atoms with Crippen molar-refractivity contribution in [3.63, 3.8) is 0 Å². The van der Waals surface area contributed by atoms with E-state index in [2.05, 4.69) is 20.3 Å². The number of nitrogens with one attached hydrogen (secondary N) is 1. The topological polar surface area (TPSA) is 115 Å². The summed E-state index contributed by atoms with van der Waals surface area (Å²) >= 11 is 6.47. The Morgan fingerprint density at radius 1 is 1.10 bits per heavy atom. The van der Waals surface area contributed by atoms with Crippen LogP contribution < -0.4 is 10.9 Å². The number of benzene rings is 1. The lowest BCUT2D eigenvalue weighted by Gasteiger charge is -2.26. The number of carbonyl (C=O) groups is 1. The lowest BCUT2D eigenvalue weighted by molar-refractivity contribution is 0.0255. The number of nitrogens with zero attached hydrogens (tertiary/aromatic N) is 6. The van der Waals surface area contributed by atoms with Crippen LogP contribution in [-0.2, 0) is 11.2 Å². The van der Waals surface area contributed by atoms with Gasteiger partial charge >= 0.3 is 6.09 Å². The predicted octanol–water partition coefficient (Wildman–Crippen LogP) is 5.00. The fourth-order valence-corrected chi connectivity index (χ4v) is 5.21. The summed E-state index contributed by atoms with van der Waals surface area (Å²) < 4.78 is 7.37. The second-order valence-corrected chi connectivity index (χ2v) is 11.1. The summed E-state index contributed by atoms with van der Waals surface area (Å²) in [5.74, 6) is 1.28. The van der Waals surface area contributed by atoms with Crippen LogP contribution in [-0.4, -0.2) is 60.7 Å². The highest BCUT2D eigenvalue weighted by Crippen LogP contribution is 2.27. The van der Waals surface area contributed by atoms with Gasteiger partial charge in [-0.3, -0.25) is 14.3 Å². The number of halogens is 1. The van der Waals surface area contributed by atoms with Crippen molar-refractivity contribution < 1.29 is 9.53 Å². The molecule has 10 nitrogen and oxygen atoms in total. The maximum absolute atomic E-state index is 13.9. The quantitative estimate of drug-likeness (QED) is 0.369. The molecule has 0 saturated carbocycles. The molecule has 3 aromatic heterocycles. The van der Waals surface area contributed by atoms with E-state index in [1.807, 2.05) is 39.0 Å². The third-order valence-electron chi connectivity index (χ3n) is 6.70. The van der Waals surface area contributed by atoms with Gasteiger partial charge in [-0.15, -0.1) is 0 Å². The predicted molar refractivity (Wildman–Crippen MR) is 151 cm³/mol. The van der Waals surface area contributed by atoms with Gasteiger partial charge in [-0.2, -0.15) is 0 Å². The van der Waals surface area contributed by atoms with Crippen molar-refractivity contribution in [1.82, 2.24) is 29.4 Å². The Bertz CT molecular complexity index is 1560. The van der Waals surface area contributed by atoms with Gasteiger partial charge in [-0.1, -0.05) is 17.7 Å². The van der Waals surface area contributed by atoms with Gasteiger partial charge in [0.1, 0.15) is 23.3 Å². The Hall–Kier alpha value is -3.79. The van der Waals surface area contributed by atoms with Crippen LogP contribution in [0.1, 0.15) is 51.9 Å². The van der Waals surface area contributed by atoms with Crippen LogP contribution in [0.4, 0.5) is 10.6 Å². The van der Waals surface area contributed by atoms with Crippen molar-refractivity contribution in [1.29, 1.82) is 0 Å². The largest absolute Gasteiger partial charge is 0.444 e. The first kappa shape index (κ1) is 26.8. The number of carbonyl (C=O) groups excluding carboxylic acids is 1. The normalized spacial score (nSPS) is 16.3. The third-order valence-corrected chi connectivity index (χ3v) is 7.02. The number of fused-ring (bicyclic) bond motifs is 2. The number of hydrogen-bond donors (Lipinski definition) is 1. The molecule has 1 atom stereocenters. The molecule has 0 radical (unpaired) electrons. The van der Waals surface area contributed by atoms with E-state index in [0.717, 1.165) is 18.4 Å². The molecule has 1 amide bonds. The Morgan fingerprint density at radius 3 is 2.74 bits per heavy atom. The molecule has 1 aliphatic rings. The van der Waals surface area contributed by atoms with Crippen molar-refractivity contribution >= 4 is 45.4 Å². The summed E-state index contributed by atoms with van der Waals surface area (Å²) in [6.07, 6.45) is 5.44. The average Bonchev–Trinajstić information content (AvgIpc) is 3.14. The molecule has 11 heteroatoms. The minimum absolute atomic E-state index is 0.130. The summed E-state index contributed by atoms with van der Waals surface area (Å²) in [7, 11) is 0. The smallest absolute Gasteiger partial charge is 0.410 e. The van der Waals surface area contributed by atoms with E-state index in [0.29, 0.717) is 65.6 Å². The second-order valence-electron chi connectivity index (χ2n) is 10.7. The molecule has 4 aromatic rings. The standard InChI is InChI=1S/C28H32ClN7O3/c1-28(2,3)39-27(38)35-15-6-7-18(12-16-35)36-22(34-20-9-4-8-19(29)23(20)26(36)37)11-14-31-25-24-21(32-17-33-25)10-5-13-30-24/h4-5,8-10,13,17-18H,6-7,11-12,14-16H2,1-3H3,(H,31,32,33). The molecule has 1 N–H and O–H groups in total. The van der Waals surface area contributed by atoms with Crippen LogP contribution in [0.2, 0.25) is 5.02 Å². The highest BCUT2D eigenvalue weighted by Gasteiger charge is 2.28. The van der Waals surface area contributed by atoms with Crippen LogP contribution in [0, 0.1) is 0 Å². The molecule has 0 aliphatic carbocycles. The number of anilines is 1. The van der Waals surface area contributed by atoms with Crippen molar-refractivity contribution in [2.75, 3.05) is 25.0 Å². The van der Waals surface area contributed by atoms with Crippen molar-refractivity contribution in [3.05, 3.63) is 64.1 Å². The van der Waals surface area contributed by atoms with Crippen LogP contribution in [0.15, 0.2) is 47.7 Å². The monoisotopic (exact) mass is 549 g/mol. The lowest BCUT2D eigenvalue weighted by atomic mass is 10.1. The maximum atomic E-state index is 13.9. The first-order chi connectivity index (χ1) is 18.7. The maximum Gasteiger partial charge on any atom is 0.410 e. The van der Waals surface area contributed by atoms with E-state index in [1.165, 1.54) is 6.33 Å². The summed E-state index contributed by atoms with van der Waals surface area (Å²) in [6.45, 7) is 7.12. The number of pyridine rings is 1. The molecule has 1 unspecified atom stereocenters. The molecule has 0 bridgehead atoms. The Kier molecular flexibility index (Phi) is 7.65. The lowest BCUT2D eigenvalue weighted by Crippen LogP contribution is -2.37. The molecule has 1 aliphatic heterocycles. The average molecular weight is 550 g/mol. The molecule has 0 spiro atoms. The molecule has 39 heavy (non-hydrogen) atoms. The summed E-state index contributed by atoms with van der Waals surface area (Å²) in [5.41, 5.74) is 1.27. The molecule has 1 fully saturated rings. The second kappa shape index (κ2) is 11.1. The third kappa shape index (κ3) is 5.95. The van der Waals surface area contributed by atoms with E-state index in [1.54, 1.807) is 27.8 Å². The van der Waals surface area contributed by atoms with E-state index in [9.17, 15) is 9.59 Å². The fraction of sp³-hybridized carbons (Fsp3) is 0.429. The van der Waals surface area contributed by atoms with Gasteiger partial charge in [0.2, 0.25) is 0 Å². The van der Waals surface area contributed by atoms with Crippen LogP contribution in [0.3, 0.4) is 0 Å². The van der Waals surface area contributed by atoms with Gasteiger partial charge in [0.25, 0.3) is 5.56 Å². The summed E-state index contributed by atoms with van der Waals surface area (Å²) in [5, 5.41) is 4.13. The molecular weight excluding hydrogens is 518 g/mol. The molecule has 204 valence electrons. The van der Waals surface area contributed by atoms with Crippen LogP contribution >= 0.6 is 11.6 Å². The van der Waals surface area contributed by atoms with E-state index in [4.69, 9.17) is 21.3 Å². The SMILES string of the molecule is CC(C)(C)OC(=O)N1CCCC(n2c(CCNc3ncnc4cccnc34)nc3cccc(Cl)c3c2=O)CC1. The number of likely N-dealkylation sites (tertiary alicyclic amines) is 1. The van der Waals surface area contributed by atoms with Crippen molar-refractivity contribution in [3.8, 4) is 0 Å². The minimum Gasteiger partial charge on any atom is -0.444 e. The number of hydrogen-bond acceptors (Lipinski definition) is 8. The van der Waals surface area contributed by atoms with Crippen LogP contribution in [0.25, 0.3) is 21.9 Å². The van der Waals surface area contributed by atoms with E-state index < -0.39 is 5.60 Å². The van der Waals surface area contributed by atoms with Crippen molar-refractivity contribution in [2.24, 2.45) is 0 Å². The fourth-order valence-electron chi connectivity index (χ4n) is 4.96. The highest BCUT2D eigenvalue weighted by molar-refractivity contribution is 6.35. The van der Waals surface area contributed by atoms with Gasteiger partial charge in [-0.05, 0) is 64.3 Å². The number of ether oxygens (including phenoxy) is 1. The zero-order valence-corrected chi connectivity index (χ0v) is 23.1. The van der Waals surface area contributed by atoms with Crippen LogP contribution in [0.5, 0.6) is 0 Å². The summed E-state index contributed by atoms with van der Waals surface area (Å²) in [6, 6.07) is 8.90. The highest BCUT2D eigenvalue weighted by atomic mass is 35.5. The number of amides is 1. The Morgan fingerprint density at radius 2 is 1.92 bits per heavy atom. The minimum atomic E-state index is -0.566. The summed E-state index contributed by atoms with van der Waals surface area (Å²) in [4.78, 5) is 46.2. The first-order valence-corrected chi connectivity index (χ1v) is 13.6. The van der Waals surface area contributed by atoms with Gasteiger partial charge in [0.05, 0.1) is 21.4 Å². The number of aromatic nitrogens is 5. The van der Waals surface area contributed by atoms with Gasteiger partial charge in [0, 0.05) is 38.3 Å². The molecule has 5 rings (SSSR count). The zero-order valence-electron chi connectivity index (χ0n) is 22.4. The van der Waals surface area contributed by atoms with Gasteiger partial charge in [-0.25, -0.2) is 19.7 Å². The Labute approximate surface area is 231 Å². The van der Waals surface area contributed by atoms with Gasteiger partial charge in [0.15, 0.2) is 5.82 Å². The van der Waals surface area contributed by atoms with E-state index in [-0.39, 0.29) is 17.7 Å². The first-order valence-electron chi connectivity index (χ1n) is 13.2. The molecule has 1 aromatic carbocycles. The molecule has 4 heterocycles. The molecular formula is C28H32ClN7O3. The number of rotatable bonds is 5. The van der Waals surface area contributed by atoms with E-state index >= 15 is 0 Å². The van der Waals surface area contributed by atoms with Gasteiger partial charge < -0.3 is 15.0 Å².